The molecule has 0 aliphatic rings. The van der Waals surface area contributed by atoms with E-state index in [1.54, 1.807) is 26.2 Å². The van der Waals surface area contributed by atoms with Crippen molar-refractivity contribution in [2.24, 2.45) is 0 Å². The van der Waals surface area contributed by atoms with Crippen LogP contribution < -0.4 is 5.32 Å². The third kappa shape index (κ3) is 2.25. The van der Waals surface area contributed by atoms with E-state index in [1.165, 1.54) is 12.1 Å². The summed E-state index contributed by atoms with van der Waals surface area (Å²) in [4.78, 5) is 3.79. The van der Waals surface area contributed by atoms with E-state index >= 15 is 0 Å². The van der Waals surface area contributed by atoms with Gasteiger partial charge in [0.2, 0.25) is 0 Å². The van der Waals surface area contributed by atoms with Crippen molar-refractivity contribution in [3.8, 4) is 11.1 Å². The van der Waals surface area contributed by atoms with Crippen molar-refractivity contribution in [3.63, 3.8) is 0 Å². The molecule has 1 heterocycles. The van der Waals surface area contributed by atoms with Crippen LogP contribution in [0.15, 0.2) is 30.6 Å². The van der Waals surface area contributed by atoms with Gasteiger partial charge in [-0.05, 0) is 36.2 Å². The van der Waals surface area contributed by atoms with Gasteiger partial charge in [0.1, 0.15) is 11.6 Å². The molecule has 1 aromatic heterocycles. The van der Waals surface area contributed by atoms with Crippen LogP contribution in [-0.2, 0) is 0 Å². The second-order valence-electron chi connectivity index (χ2n) is 3.79. The van der Waals surface area contributed by atoms with Crippen LogP contribution in [0.25, 0.3) is 11.1 Å². The van der Waals surface area contributed by atoms with Gasteiger partial charge < -0.3 is 5.32 Å². The summed E-state index contributed by atoms with van der Waals surface area (Å²) in [6.07, 6.45) is 2.70. The van der Waals surface area contributed by atoms with Crippen LogP contribution in [0.2, 0.25) is 0 Å². The number of hydrogen-bond donors (Lipinski definition) is 1. The summed E-state index contributed by atoms with van der Waals surface area (Å²) in [7, 11) is 1.64. The monoisotopic (exact) mass is 234 g/mol. The molecule has 0 aliphatic heterocycles. The van der Waals surface area contributed by atoms with E-state index in [0.29, 0.717) is 11.3 Å². The molecule has 2 rings (SSSR count). The maximum atomic E-state index is 13.5. The van der Waals surface area contributed by atoms with E-state index in [4.69, 9.17) is 0 Å². The molecule has 0 fully saturated rings. The van der Waals surface area contributed by atoms with E-state index in [1.807, 2.05) is 0 Å². The van der Waals surface area contributed by atoms with Crippen molar-refractivity contribution in [2.45, 2.75) is 6.92 Å². The highest BCUT2D eigenvalue weighted by atomic mass is 19.1. The molecule has 0 unspecified atom stereocenters. The average molecular weight is 234 g/mol. The number of hydrogen-bond acceptors (Lipinski definition) is 2. The Kier molecular flexibility index (Phi) is 3.04. The first kappa shape index (κ1) is 11.5. The van der Waals surface area contributed by atoms with E-state index < -0.39 is 5.82 Å². The Morgan fingerprint density at radius 2 is 1.88 bits per heavy atom. The Bertz CT molecular complexity index is 553. The normalized spacial score (nSPS) is 10.4. The minimum absolute atomic E-state index is 0.321. The Hall–Kier alpha value is -1.97. The lowest BCUT2D eigenvalue weighted by Gasteiger charge is -2.10. The van der Waals surface area contributed by atoms with Crippen LogP contribution in [0.4, 0.5) is 14.5 Å². The lowest BCUT2D eigenvalue weighted by atomic mass is 10.0. The fourth-order valence-corrected chi connectivity index (χ4v) is 1.73. The highest BCUT2D eigenvalue weighted by molar-refractivity contribution is 5.71. The van der Waals surface area contributed by atoms with Gasteiger partial charge in [-0.1, -0.05) is 0 Å². The number of pyridine rings is 1. The van der Waals surface area contributed by atoms with E-state index in [2.05, 4.69) is 10.3 Å². The molecule has 17 heavy (non-hydrogen) atoms. The summed E-state index contributed by atoms with van der Waals surface area (Å²) in [6, 6.07) is 4.46. The second kappa shape index (κ2) is 4.49. The Morgan fingerprint density at radius 3 is 2.53 bits per heavy atom. The van der Waals surface area contributed by atoms with Crippen molar-refractivity contribution < 1.29 is 8.78 Å². The third-order valence-corrected chi connectivity index (χ3v) is 2.60. The summed E-state index contributed by atoms with van der Waals surface area (Å²) < 4.78 is 26.6. The van der Waals surface area contributed by atoms with Crippen LogP contribution in [0, 0.1) is 18.6 Å². The van der Waals surface area contributed by atoms with Crippen molar-refractivity contribution in [1.29, 1.82) is 0 Å². The van der Waals surface area contributed by atoms with Crippen molar-refractivity contribution in [2.75, 3.05) is 12.4 Å². The maximum Gasteiger partial charge on any atom is 0.146 e. The SMILES string of the molecule is CNc1cc(-c2cncc(F)c2)c(C)cc1F. The number of rotatable bonds is 2. The van der Waals surface area contributed by atoms with Gasteiger partial charge >= 0.3 is 0 Å². The zero-order valence-corrected chi connectivity index (χ0v) is 9.59. The van der Waals surface area contributed by atoms with Gasteiger partial charge in [-0.15, -0.1) is 0 Å². The summed E-state index contributed by atoms with van der Waals surface area (Å²) in [5.74, 6) is -0.727. The first-order chi connectivity index (χ1) is 8.11. The van der Waals surface area contributed by atoms with Crippen LogP contribution >= 0.6 is 0 Å². The van der Waals surface area contributed by atoms with Gasteiger partial charge in [-0.25, -0.2) is 8.78 Å². The van der Waals surface area contributed by atoms with Gasteiger partial charge in [0.25, 0.3) is 0 Å². The van der Waals surface area contributed by atoms with Crippen molar-refractivity contribution in [1.82, 2.24) is 4.98 Å². The molecule has 0 radical (unpaired) electrons. The topological polar surface area (TPSA) is 24.9 Å². The molecule has 0 spiro atoms. The van der Waals surface area contributed by atoms with Crippen LogP contribution in [-0.4, -0.2) is 12.0 Å². The van der Waals surface area contributed by atoms with Crippen LogP contribution in [0.3, 0.4) is 0 Å². The number of aryl methyl sites for hydroxylation is 1. The largest absolute Gasteiger partial charge is 0.386 e. The molecule has 1 aromatic carbocycles. The number of benzene rings is 1. The number of anilines is 1. The van der Waals surface area contributed by atoms with Crippen molar-refractivity contribution in [3.05, 3.63) is 47.8 Å². The maximum absolute atomic E-state index is 13.5. The number of nitrogens with zero attached hydrogens (tertiary/aromatic N) is 1. The highest BCUT2D eigenvalue weighted by Gasteiger charge is 2.08. The first-order valence-electron chi connectivity index (χ1n) is 5.20. The predicted molar refractivity (Wildman–Crippen MR) is 63.9 cm³/mol. The number of nitrogens with one attached hydrogen (secondary N) is 1. The molecule has 0 saturated heterocycles. The molecule has 2 aromatic rings. The molecular formula is C13H12F2N2. The molecule has 0 atom stereocenters. The second-order valence-corrected chi connectivity index (χ2v) is 3.79. The van der Waals surface area contributed by atoms with E-state index in [9.17, 15) is 8.78 Å². The average Bonchev–Trinajstić information content (AvgIpc) is 2.29. The Labute approximate surface area is 98.3 Å². The highest BCUT2D eigenvalue weighted by Crippen LogP contribution is 2.28. The Balaban J connectivity index is 2.59. The van der Waals surface area contributed by atoms with E-state index in [-0.39, 0.29) is 5.82 Å². The van der Waals surface area contributed by atoms with Gasteiger partial charge in [0, 0.05) is 18.8 Å². The Morgan fingerprint density at radius 1 is 1.12 bits per heavy atom. The quantitative estimate of drug-likeness (QED) is 0.861. The number of halogens is 2. The molecule has 88 valence electrons. The third-order valence-electron chi connectivity index (χ3n) is 2.60. The fourth-order valence-electron chi connectivity index (χ4n) is 1.73. The van der Waals surface area contributed by atoms with Crippen LogP contribution in [0.1, 0.15) is 5.56 Å². The van der Waals surface area contributed by atoms with Gasteiger partial charge in [0.05, 0.1) is 11.9 Å². The van der Waals surface area contributed by atoms with Gasteiger partial charge in [-0.3, -0.25) is 4.98 Å². The minimum atomic E-state index is -0.405. The molecule has 4 heteroatoms. The first-order valence-corrected chi connectivity index (χ1v) is 5.20. The van der Waals surface area contributed by atoms with Gasteiger partial charge in [0.15, 0.2) is 0 Å². The molecule has 1 N–H and O–H groups in total. The standard InChI is InChI=1S/C13H12F2N2/c1-8-3-12(15)13(16-2)5-11(8)9-4-10(14)7-17-6-9/h3-7,16H,1-2H3. The zero-order chi connectivity index (χ0) is 12.4. The minimum Gasteiger partial charge on any atom is -0.386 e. The van der Waals surface area contributed by atoms with Crippen LogP contribution in [0.5, 0.6) is 0 Å². The van der Waals surface area contributed by atoms with Crippen molar-refractivity contribution >= 4 is 5.69 Å². The lowest BCUT2D eigenvalue weighted by Crippen LogP contribution is -1.95. The summed E-state index contributed by atoms with van der Waals surface area (Å²) >= 11 is 0. The molecule has 2 nitrogen and oxygen atoms in total. The molecule has 0 bridgehead atoms. The molecule has 0 amide bonds. The number of aromatic nitrogens is 1. The van der Waals surface area contributed by atoms with Gasteiger partial charge in [-0.2, -0.15) is 0 Å². The van der Waals surface area contributed by atoms with E-state index in [0.717, 1.165) is 17.3 Å². The molecular weight excluding hydrogens is 222 g/mol. The summed E-state index contributed by atoms with van der Waals surface area (Å²) in [5.41, 5.74) is 2.53. The molecule has 0 aliphatic carbocycles. The zero-order valence-electron chi connectivity index (χ0n) is 9.59. The smallest absolute Gasteiger partial charge is 0.146 e. The molecule has 0 saturated carbocycles. The predicted octanol–water partition coefficient (Wildman–Crippen LogP) is 3.38. The summed E-state index contributed by atoms with van der Waals surface area (Å²) in [5, 5.41) is 2.76. The summed E-state index contributed by atoms with van der Waals surface area (Å²) in [6.45, 7) is 1.78. The lowest BCUT2D eigenvalue weighted by molar-refractivity contribution is 0.622. The fraction of sp³-hybridized carbons (Fsp3) is 0.154.